The van der Waals surface area contributed by atoms with Crippen LogP contribution in [0.15, 0.2) is 46.8 Å². The first-order valence-corrected chi connectivity index (χ1v) is 8.66. The molecule has 1 aromatic heterocycles. The maximum atomic E-state index is 6.00. The predicted molar refractivity (Wildman–Crippen MR) is 94.5 cm³/mol. The van der Waals surface area contributed by atoms with Crippen molar-refractivity contribution in [3.05, 3.63) is 57.8 Å². The maximum absolute atomic E-state index is 6.00. The van der Waals surface area contributed by atoms with Crippen LogP contribution in [0.5, 0.6) is 0 Å². The molecule has 0 spiro atoms. The Morgan fingerprint density at radius 1 is 1.23 bits per heavy atom. The number of nitrogens with one attached hydrogen (secondary N) is 1. The number of nitrogens with zero attached hydrogens (tertiary/aromatic N) is 1. The fraction of sp³-hybridized carbons (Fsp3) is 0.389. The molecule has 3 nitrogen and oxygen atoms in total. The van der Waals surface area contributed by atoms with Gasteiger partial charge in [0.15, 0.2) is 5.96 Å². The lowest BCUT2D eigenvalue weighted by Gasteiger charge is -2.21. The minimum absolute atomic E-state index is 0.198. The van der Waals surface area contributed by atoms with Crippen LogP contribution in [0.25, 0.3) is 0 Å². The SMILES string of the molecule is CC1(CN=C(N)NCCc2cccs2)Cc2ccccc2C1. The topological polar surface area (TPSA) is 50.4 Å². The van der Waals surface area contributed by atoms with E-state index in [4.69, 9.17) is 5.73 Å². The van der Waals surface area contributed by atoms with Crippen LogP contribution in [0.4, 0.5) is 0 Å². The molecule has 0 saturated heterocycles. The average molecular weight is 313 g/mol. The number of rotatable bonds is 5. The van der Waals surface area contributed by atoms with Gasteiger partial charge in [-0.05, 0) is 47.3 Å². The molecule has 0 unspecified atom stereocenters. The largest absolute Gasteiger partial charge is 0.370 e. The van der Waals surface area contributed by atoms with E-state index >= 15 is 0 Å². The maximum Gasteiger partial charge on any atom is 0.188 e. The summed E-state index contributed by atoms with van der Waals surface area (Å²) in [6.07, 6.45) is 3.18. The Morgan fingerprint density at radius 3 is 2.59 bits per heavy atom. The van der Waals surface area contributed by atoms with Crippen molar-refractivity contribution >= 4 is 17.3 Å². The highest BCUT2D eigenvalue weighted by Gasteiger charge is 2.32. The summed E-state index contributed by atoms with van der Waals surface area (Å²) in [6, 6.07) is 12.9. The molecular formula is C18H23N3S. The van der Waals surface area contributed by atoms with Crippen molar-refractivity contribution in [2.45, 2.75) is 26.2 Å². The van der Waals surface area contributed by atoms with E-state index in [2.05, 4.69) is 59.0 Å². The molecule has 1 aliphatic carbocycles. The monoisotopic (exact) mass is 313 g/mol. The summed E-state index contributed by atoms with van der Waals surface area (Å²) in [7, 11) is 0. The Bertz CT molecular complexity index is 621. The highest BCUT2D eigenvalue weighted by atomic mass is 32.1. The van der Waals surface area contributed by atoms with E-state index in [1.807, 2.05) is 0 Å². The van der Waals surface area contributed by atoms with Crippen LogP contribution >= 0.6 is 11.3 Å². The van der Waals surface area contributed by atoms with Gasteiger partial charge in [-0.3, -0.25) is 4.99 Å². The van der Waals surface area contributed by atoms with Gasteiger partial charge in [0.25, 0.3) is 0 Å². The molecule has 1 aliphatic rings. The fourth-order valence-electron chi connectivity index (χ4n) is 3.10. The molecule has 1 heterocycles. The van der Waals surface area contributed by atoms with Crippen molar-refractivity contribution in [3.63, 3.8) is 0 Å². The highest BCUT2D eigenvalue weighted by Crippen LogP contribution is 2.36. The van der Waals surface area contributed by atoms with E-state index < -0.39 is 0 Å². The first kappa shape index (κ1) is 15.1. The second-order valence-electron chi connectivity index (χ2n) is 6.39. The van der Waals surface area contributed by atoms with E-state index in [-0.39, 0.29) is 5.41 Å². The van der Waals surface area contributed by atoms with E-state index in [0.29, 0.717) is 5.96 Å². The Kier molecular flexibility index (Phi) is 4.48. The molecule has 4 heteroatoms. The smallest absolute Gasteiger partial charge is 0.188 e. The summed E-state index contributed by atoms with van der Waals surface area (Å²) < 4.78 is 0. The van der Waals surface area contributed by atoms with Gasteiger partial charge in [-0.1, -0.05) is 37.3 Å². The second kappa shape index (κ2) is 6.53. The van der Waals surface area contributed by atoms with E-state index in [1.54, 1.807) is 11.3 Å². The lowest BCUT2D eigenvalue weighted by molar-refractivity contribution is 0.360. The third-order valence-corrected chi connectivity index (χ3v) is 5.18. The summed E-state index contributed by atoms with van der Waals surface area (Å²) in [5.74, 6) is 0.564. The Hall–Kier alpha value is -1.81. The Morgan fingerprint density at radius 2 is 1.95 bits per heavy atom. The molecule has 0 aliphatic heterocycles. The van der Waals surface area contributed by atoms with Crippen molar-refractivity contribution in [3.8, 4) is 0 Å². The van der Waals surface area contributed by atoms with Gasteiger partial charge in [0.1, 0.15) is 0 Å². The first-order valence-electron chi connectivity index (χ1n) is 7.78. The Labute approximate surface area is 136 Å². The molecule has 2 aromatic rings. The van der Waals surface area contributed by atoms with Crippen LogP contribution in [-0.2, 0) is 19.3 Å². The number of guanidine groups is 1. The number of hydrogen-bond donors (Lipinski definition) is 2. The third kappa shape index (κ3) is 3.69. The summed E-state index contributed by atoms with van der Waals surface area (Å²) in [4.78, 5) is 5.94. The van der Waals surface area contributed by atoms with Crippen molar-refractivity contribution in [2.75, 3.05) is 13.1 Å². The molecule has 116 valence electrons. The van der Waals surface area contributed by atoms with E-state index in [9.17, 15) is 0 Å². The predicted octanol–water partition coefficient (Wildman–Crippen LogP) is 3.00. The van der Waals surface area contributed by atoms with Gasteiger partial charge in [0.05, 0.1) is 0 Å². The third-order valence-electron chi connectivity index (χ3n) is 4.24. The molecule has 3 rings (SSSR count). The van der Waals surface area contributed by atoms with Crippen molar-refractivity contribution < 1.29 is 0 Å². The standard InChI is InChI=1S/C18H23N3S/c1-18(11-14-5-2-3-6-15(14)12-18)13-21-17(19)20-9-8-16-7-4-10-22-16/h2-7,10H,8-9,11-13H2,1H3,(H3,19,20,21). The van der Waals surface area contributed by atoms with Crippen molar-refractivity contribution in [1.29, 1.82) is 0 Å². The van der Waals surface area contributed by atoms with Crippen LogP contribution in [0.2, 0.25) is 0 Å². The molecular weight excluding hydrogens is 290 g/mol. The van der Waals surface area contributed by atoms with E-state index in [1.165, 1.54) is 16.0 Å². The van der Waals surface area contributed by atoms with Gasteiger partial charge in [0.2, 0.25) is 0 Å². The number of aliphatic imine (C=N–C) groups is 1. The highest BCUT2D eigenvalue weighted by molar-refractivity contribution is 7.09. The number of thiophene rings is 1. The lowest BCUT2D eigenvalue weighted by atomic mass is 9.87. The van der Waals surface area contributed by atoms with Crippen LogP contribution in [0.1, 0.15) is 22.9 Å². The summed E-state index contributed by atoms with van der Waals surface area (Å²) in [6.45, 7) is 3.92. The average Bonchev–Trinajstić information content (AvgIpc) is 3.12. The van der Waals surface area contributed by atoms with Crippen LogP contribution < -0.4 is 11.1 Å². The number of hydrogen-bond acceptors (Lipinski definition) is 2. The lowest BCUT2D eigenvalue weighted by Crippen LogP contribution is -2.34. The van der Waals surface area contributed by atoms with Gasteiger partial charge >= 0.3 is 0 Å². The molecule has 22 heavy (non-hydrogen) atoms. The van der Waals surface area contributed by atoms with Gasteiger partial charge in [0, 0.05) is 18.0 Å². The normalized spacial score (nSPS) is 16.5. The molecule has 0 radical (unpaired) electrons. The number of fused-ring (bicyclic) bond motifs is 1. The van der Waals surface area contributed by atoms with Crippen LogP contribution in [0, 0.1) is 5.41 Å². The van der Waals surface area contributed by atoms with Crippen molar-refractivity contribution in [2.24, 2.45) is 16.1 Å². The summed E-state index contributed by atoms with van der Waals surface area (Å²) in [5.41, 5.74) is 9.12. The van der Waals surface area contributed by atoms with Crippen LogP contribution in [-0.4, -0.2) is 19.0 Å². The molecule has 0 saturated carbocycles. The quantitative estimate of drug-likeness (QED) is 0.658. The molecule has 0 fully saturated rings. The summed E-state index contributed by atoms with van der Waals surface area (Å²) >= 11 is 1.78. The summed E-state index contributed by atoms with van der Waals surface area (Å²) in [5, 5.41) is 5.32. The second-order valence-corrected chi connectivity index (χ2v) is 7.42. The van der Waals surface area contributed by atoms with Crippen molar-refractivity contribution in [1.82, 2.24) is 5.32 Å². The molecule has 1 aromatic carbocycles. The zero-order valence-electron chi connectivity index (χ0n) is 13.0. The van der Waals surface area contributed by atoms with Gasteiger partial charge in [-0.2, -0.15) is 0 Å². The Balaban J connectivity index is 1.49. The first-order chi connectivity index (χ1) is 10.6. The molecule has 0 amide bonds. The minimum Gasteiger partial charge on any atom is -0.370 e. The molecule has 0 bridgehead atoms. The minimum atomic E-state index is 0.198. The molecule has 3 N–H and O–H groups in total. The number of nitrogens with two attached hydrogens (primary N) is 1. The zero-order chi connectivity index (χ0) is 15.4. The molecule has 0 atom stereocenters. The van der Waals surface area contributed by atoms with Gasteiger partial charge in [-0.15, -0.1) is 11.3 Å². The van der Waals surface area contributed by atoms with Gasteiger partial charge in [-0.25, -0.2) is 0 Å². The number of benzene rings is 1. The van der Waals surface area contributed by atoms with E-state index in [0.717, 1.165) is 32.4 Å². The zero-order valence-corrected chi connectivity index (χ0v) is 13.8. The van der Waals surface area contributed by atoms with Crippen LogP contribution in [0.3, 0.4) is 0 Å². The van der Waals surface area contributed by atoms with Gasteiger partial charge < -0.3 is 11.1 Å². The fourth-order valence-corrected chi connectivity index (χ4v) is 3.81.